The van der Waals surface area contributed by atoms with Crippen molar-refractivity contribution in [3.63, 3.8) is 0 Å². The average molecular weight is 266 g/mol. The summed E-state index contributed by atoms with van der Waals surface area (Å²) in [6, 6.07) is 5.13. The molecule has 0 unspecified atom stereocenters. The molecule has 1 aromatic rings. The van der Waals surface area contributed by atoms with Gasteiger partial charge in [0, 0.05) is 18.7 Å². The van der Waals surface area contributed by atoms with Gasteiger partial charge in [0.05, 0.1) is 7.11 Å². The predicted molar refractivity (Wildman–Crippen MR) is 71.0 cm³/mol. The lowest BCUT2D eigenvalue weighted by atomic mass is 10.2. The Hall–Kier alpha value is -2.08. The molecule has 104 valence electrons. The zero-order valence-electron chi connectivity index (χ0n) is 11.1. The van der Waals surface area contributed by atoms with Crippen LogP contribution < -0.4 is 15.8 Å². The Kier molecular flexibility index (Phi) is 5.81. The average Bonchev–Trinajstić information content (AvgIpc) is 2.39. The van der Waals surface area contributed by atoms with Gasteiger partial charge in [-0.25, -0.2) is 4.79 Å². The Labute approximate surface area is 111 Å². The number of ether oxygens (including phenoxy) is 2. The van der Waals surface area contributed by atoms with Gasteiger partial charge in [0.15, 0.2) is 6.61 Å². The Morgan fingerprint density at radius 3 is 2.68 bits per heavy atom. The first-order chi connectivity index (χ1) is 9.06. The van der Waals surface area contributed by atoms with Gasteiger partial charge in [-0.05, 0) is 30.7 Å². The molecule has 0 aromatic heterocycles. The zero-order chi connectivity index (χ0) is 14.3. The highest BCUT2D eigenvalue weighted by Crippen LogP contribution is 2.21. The van der Waals surface area contributed by atoms with E-state index in [0.717, 1.165) is 5.56 Å². The highest BCUT2D eigenvalue weighted by molar-refractivity contribution is 5.91. The maximum atomic E-state index is 11.4. The van der Waals surface area contributed by atoms with E-state index in [1.54, 1.807) is 18.2 Å². The van der Waals surface area contributed by atoms with E-state index in [1.807, 2.05) is 6.92 Å². The van der Waals surface area contributed by atoms with Crippen LogP contribution in [0.1, 0.15) is 12.0 Å². The summed E-state index contributed by atoms with van der Waals surface area (Å²) >= 11 is 0. The molecule has 0 heterocycles. The van der Waals surface area contributed by atoms with Crippen LogP contribution in [-0.4, -0.2) is 32.1 Å². The van der Waals surface area contributed by atoms with Crippen LogP contribution >= 0.6 is 0 Å². The number of amides is 1. The minimum Gasteiger partial charge on any atom is -0.482 e. The van der Waals surface area contributed by atoms with Crippen LogP contribution in [0.2, 0.25) is 0 Å². The highest BCUT2D eigenvalue weighted by Gasteiger charge is 2.06. The maximum absolute atomic E-state index is 11.4. The van der Waals surface area contributed by atoms with Crippen LogP contribution in [0.15, 0.2) is 18.2 Å². The number of esters is 1. The second-order valence-electron chi connectivity index (χ2n) is 3.93. The number of nitrogens with one attached hydrogen (secondary N) is 1. The van der Waals surface area contributed by atoms with E-state index in [1.165, 1.54) is 7.11 Å². The number of aryl methyl sites for hydroxylation is 1. The number of anilines is 1. The van der Waals surface area contributed by atoms with Crippen molar-refractivity contribution in [3.8, 4) is 5.75 Å². The van der Waals surface area contributed by atoms with E-state index in [0.29, 0.717) is 18.0 Å². The molecule has 6 nitrogen and oxygen atoms in total. The fraction of sp³-hybridized carbons (Fsp3) is 0.385. The molecule has 0 aliphatic rings. The van der Waals surface area contributed by atoms with E-state index in [4.69, 9.17) is 10.5 Å². The molecule has 19 heavy (non-hydrogen) atoms. The van der Waals surface area contributed by atoms with Crippen LogP contribution in [0, 0.1) is 6.92 Å². The van der Waals surface area contributed by atoms with Crippen molar-refractivity contribution in [2.75, 3.05) is 25.6 Å². The molecule has 1 rings (SSSR count). The molecule has 0 atom stereocenters. The minimum atomic E-state index is -0.446. The van der Waals surface area contributed by atoms with Crippen molar-refractivity contribution >= 4 is 17.6 Å². The van der Waals surface area contributed by atoms with Crippen LogP contribution in [0.4, 0.5) is 5.69 Å². The van der Waals surface area contributed by atoms with E-state index in [9.17, 15) is 9.59 Å². The summed E-state index contributed by atoms with van der Waals surface area (Å²) in [5, 5.41) is 2.75. The van der Waals surface area contributed by atoms with Crippen LogP contribution in [0.25, 0.3) is 0 Å². The number of methoxy groups -OCH3 is 1. The van der Waals surface area contributed by atoms with Gasteiger partial charge < -0.3 is 20.5 Å². The van der Waals surface area contributed by atoms with Gasteiger partial charge >= 0.3 is 5.97 Å². The SMILES string of the molecule is COC(=O)COc1ccc(NC(=O)CCN)c(C)c1. The van der Waals surface area contributed by atoms with Crippen LogP contribution in [0.5, 0.6) is 5.75 Å². The van der Waals surface area contributed by atoms with E-state index < -0.39 is 5.97 Å². The molecule has 0 saturated heterocycles. The van der Waals surface area contributed by atoms with Crippen LogP contribution in [-0.2, 0) is 14.3 Å². The fourth-order valence-electron chi connectivity index (χ4n) is 1.41. The quantitative estimate of drug-likeness (QED) is 0.744. The molecule has 0 bridgehead atoms. The number of carbonyl (C=O) groups excluding carboxylic acids is 2. The summed E-state index contributed by atoms with van der Waals surface area (Å²) in [4.78, 5) is 22.4. The predicted octanol–water partition coefficient (Wildman–Crippen LogP) is 0.834. The van der Waals surface area contributed by atoms with Crippen molar-refractivity contribution in [1.29, 1.82) is 0 Å². The number of hydrogen-bond acceptors (Lipinski definition) is 5. The third-order valence-corrected chi connectivity index (χ3v) is 2.43. The van der Waals surface area contributed by atoms with E-state index >= 15 is 0 Å². The lowest BCUT2D eigenvalue weighted by molar-refractivity contribution is -0.142. The minimum absolute atomic E-state index is 0.131. The number of nitrogens with two attached hydrogens (primary N) is 1. The third-order valence-electron chi connectivity index (χ3n) is 2.43. The smallest absolute Gasteiger partial charge is 0.343 e. The molecule has 0 radical (unpaired) electrons. The normalized spacial score (nSPS) is 9.84. The maximum Gasteiger partial charge on any atom is 0.343 e. The molecule has 0 aliphatic carbocycles. The molecule has 0 spiro atoms. The molecule has 6 heteroatoms. The summed E-state index contributed by atoms with van der Waals surface area (Å²) in [5.74, 6) is -0.0356. The van der Waals surface area contributed by atoms with E-state index in [2.05, 4.69) is 10.1 Å². The summed E-state index contributed by atoms with van der Waals surface area (Å²) in [6.45, 7) is 2.00. The Morgan fingerprint density at radius 2 is 2.11 bits per heavy atom. The summed E-state index contributed by atoms with van der Waals surface area (Å²) in [5.41, 5.74) is 6.84. The van der Waals surface area contributed by atoms with Crippen LogP contribution in [0.3, 0.4) is 0 Å². The molecule has 0 aliphatic heterocycles. The summed E-state index contributed by atoms with van der Waals surface area (Å²) < 4.78 is 9.71. The van der Waals surface area contributed by atoms with Gasteiger partial charge in [-0.15, -0.1) is 0 Å². The second-order valence-corrected chi connectivity index (χ2v) is 3.93. The number of rotatable bonds is 6. The van der Waals surface area contributed by atoms with Gasteiger partial charge in [-0.3, -0.25) is 4.79 Å². The highest BCUT2D eigenvalue weighted by atomic mass is 16.6. The summed E-state index contributed by atoms with van der Waals surface area (Å²) in [7, 11) is 1.30. The van der Waals surface area contributed by atoms with Crippen molar-refractivity contribution < 1.29 is 19.1 Å². The first kappa shape index (κ1) is 15.0. The molecule has 1 amide bonds. The van der Waals surface area contributed by atoms with Gasteiger partial charge in [-0.1, -0.05) is 0 Å². The topological polar surface area (TPSA) is 90.6 Å². The van der Waals surface area contributed by atoms with Gasteiger partial charge in [-0.2, -0.15) is 0 Å². The third kappa shape index (κ3) is 4.97. The van der Waals surface area contributed by atoms with Gasteiger partial charge in [0.1, 0.15) is 5.75 Å². The molecule has 1 aromatic carbocycles. The number of benzene rings is 1. The summed E-state index contributed by atoms with van der Waals surface area (Å²) in [6.07, 6.45) is 0.278. The molecular formula is C13H18N2O4. The van der Waals surface area contributed by atoms with Crippen molar-refractivity contribution in [2.45, 2.75) is 13.3 Å². The molecular weight excluding hydrogens is 248 g/mol. The molecule has 0 saturated carbocycles. The van der Waals surface area contributed by atoms with Gasteiger partial charge in [0.2, 0.25) is 5.91 Å². The fourth-order valence-corrected chi connectivity index (χ4v) is 1.41. The number of hydrogen-bond donors (Lipinski definition) is 2. The van der Waals surface area contributed by atoms with Crippen molar-refractivity contribution in [2.24, 2.45) is 5.73 Å². The lowest BCUT2D eigenvalue weighted by Crippen LogP contribution is -2.17. The molecule has 0 fully saturated rings. The standard InChI is InChI=1S/C13H18N2O4/c1-9-7-10(19-8-13(17)18-2)3-4-11(9)15-12(16)5-6-14/h3-4,7H,5-6,8,14H2,1-2H3,(H,15,16). The molecule has 3 N–H and O–H groups in total. The largest absolute Gasteiger partial charge is 0.482 e. The lowest BCUT2D eigenvalue weighted by Gasteiger charge is -2.10. The van der Waals surface area contributed by atoms with Crippen molar-refractivity contribution in [1.82, 2.24) is 0 Å². The zero-order valence-corrected chi connectivity index (χ0v) is 11.1. The van der Waals surface area contributed by atoms with E-state index in [-0.39, 0.29) is 18.9 Å². The number of carbonyl (C=O) groups is 2. The second kappa shape index (κ2) is 7.38. The monoisotopic (exact) mass is 266 g/mol. The van der Waals surface area contributed by atoms with Gasteiger partial charge in [0.25, 0.3) is 0 Å². The first-order valence-electron chi connectivity index (χ1n) is 5.87. The Morgan fingerprint density at radius 1 is 1.37 bits per heavy atom. The Balaban J connectivity index is 2.63. The Bertz CT molecular complexity index is 460. The van der Waals surface area contributed by atoms with Crippen molar-refractivity contribution in [3.05, 3.63) is 23.8 Å². The first-order valence-corrected chi connectivity index (χ1v) is 5.87.